The second kappa shape index (κ2) is 9.47. The maximum absolute atomic E-state index is 12.8. The van der Waals surface area contributed by atoms with Gasteiger partial charge in [-0.15, -0.1) is 11.3 Å². The molecular formula is C21H27N3O5S2. The van der Waals surface area contributed by atoms with Crippen LogP contribution in [0.4, 0.5) is 5.00 Å². The van der Waals surface area contributed by atoms with Crippen molar-refractivity contribution in [3.05, 3.63) is 45.8 Å². The molecule has 1 aliphatic rings. The zero-order chi connectivity index (χ0) is 22.8. The average Bonchev–Trinajstić information content (AvgIpc) is 3.10. The van der Waals surface area contributed by atoms with Gasteiger partial charge in [-0.25, -0.2) is 17.5 Å². The van der Waals surface area contributed by atoms with E-state index >= 15 is 0 Å². The first-order valence-electron chi connectivity index (χ1n) is 9.98. The van der Waals surface area contributed by atoms with Crippen molar-refractivity contribution in [2.75, 3.05) is 39.6 Å². The number of methoxy groups -OCH3 is 1. The van der Waals surface area contributed by atoms with Gasteiger partial charge in [0, 0.05) is 37.6 Å². The number of ether oxygens (including phenoxy) is 1. The first-order valence-corrected chi connectivity index (χ1v) is 12.2. The van der Waals surface area contributed by atoms with Gasteiger partial charge in [-0.3, -0.25) is 9.69 Å². The van der Waals surface area contributed by atoms with Crippen molar-refractivity contribution in [3.8, 4) is 0 Å². The van der Waals surface area contributed by atoms with Crippen LogP contribution in [-0.4, -0.2) is 63.8 Å². The van der Waals surface area contributed by atoms with Crippen molar-refractivity contribution in [1.82, 2.24) is 9.21 Å². The number of fused-ring (bicyclic) bond motifs is 1. The molecule has 0 spiro atoms. The predicted molar refractivity (Wildman–Crippen MR) is 120 cm³/mol. The molecule has 168 valence electrons. The quantitative estimate of drug-likeness (QED) is 0.632. The summed E-state index contributed by atoms with van der Waals surface area (Å²) < 4.78 is 30.5. The fourth-order valence-corrected chi connectivity index (χ4v) is 5.71. The van der Waals surface area contributed by atoms with Crippen molar-refractivity contribution in [2.24, 2.45) is 0 Å². The van der Waals surface area contributed by atoms with Crippen molar-refractivity contribution in [1.29, 1.82) is 0 Å². The van der Waals surface area contributed by atoms with E-state index < -0.39 is 21.9 Å². The van der Waals surface area contributed by atoms with Crippen molar-refractivity contribution >= 4 is 38.2 Å². The summed E-state index contributed by atoms with van der Waals surface area (Å²) in [6.07, 6.45) is 1.77. The number of sulfonamides is 1. The third-order valence-corrected chi connectivity index (χ3v) is 8.15. The number of thiophene rings is 1. The fourth-order valence-electron chi connectivity index (χ4n) is 3.53. The molecule has 1 N–H and O–H groups in total. The largest absolute Gasteiger partial charge is 0.465 e. The molecule has 2 heterocycles. The van der Waals surface area contributed by atoms with Crippen molar-refractivity contribution in [3.63, 3.8) is 0 Å². The van der Waals surface area contributed by atoms with Gasteiger partial charge >= 0.3 is 5.97 Å². The highest BCUT2D eigenvalue weighted by atomic mass is 32.2. The number of esters is 1. The summed E-state index contributed by atoms with van der Waals surface area (Å²) in [5, 5.41) is 3.29. The summed E-state index contributed by atoms with van der Waals surface area (Å²) in [4.78, 5) is 28.8. The van der Waals surface area contributed by atoms with E-state index in [4.69, 9.17) is 4.74 Å². The molecule has 0 fully saturated rings. The average molecular weight is 466 g/mol. The van der Waals surface area contributed by atoms with Gasteiger partial charge in [0.1, 0.15) is 5.00 Å². The molecule has 1 aliphatic heterocycles. The van der Waals surface area contributed by atoms with Crippen LogP contribution in [0.2, 0.25) is 0 Å². The normalized spacial score (nSPS) is 14.4. The number of amides is 1. The highest BCUT2D eigenvalue weighted by molar-refractivity contribution is 7.89. The molecule has 1 amide bonds. The Balaban J connectivity index is 1.87. The Morgan fingerprint density at radius 1 is 1.23 bits per heavy atom. The van der Waals surface area contributed by atoms with E-state index in [1.54, 1.807) is 0 Å². The third-order valence-electron chi connectivity index (χ3n) is 5.19. The zero-order valence-corrected chi connectivity index (χ0v) is 19.7. The van der Waals surface area contributed by atoms with E-state index in [0.29, 0.717) is 16.1 Å². The van der Waals surface area contributed by atoms with Crippen LogP contribution in [0.3, 0.4) is 0 Å². The van der Waals surface area contributed by atoms with Crippen LogP contribution in [0, 0.1) is 0 Å². The number of carbonyl (C=O) groups excluding carboxylic acids is 2. The molecule has 0 atom stereocenters. The van der Waals surface area contributed by atoms with Gasteiger partial charge in [-0.1, -0.05) is 6.92 Å². The number of anilines is 1. The van der Waals surface area contributed by atoms with Gasteiger partial charge < -0.3 is 10.1 Å². The first kappa shape index (κ1) is 23.4. The van der Waals surface area contributed by atoms with E-state index in [1.807, 2.05) is 0 Å². The van der Waals surface area contributed by atoms with Crippen molar-refractivity contribution in [2.45, 2.75) is 31.2 Å². The lowest BCUT2D eigenvalue weighted by Gasteiger charge is -2.26. The van der Waals surface area contributed by atoms with E-state index in [1.165, 1.54) is 56.8 Å². The lowest BCUT2D eigenvalue weighted by molar-refractivity contribution is 0.0600. The molecule has 10 heteroatoms. The molecule has 31 heavy (non-hydrogen) atoms. The number of hydrogen-bond acceptors (Lipinski definition) is 7. The molecule has 0 saturated heterocycles. The first-order chi connectivity index (χ1) is 14.7. The van der Waals surface area contributed by atoms with E-state index in [0.717, 1.165) is 47.2 Å². The van der Waals surface area contributed by atoms with E-state index in [9.17, 15) is 18.0 Å². The molecular weight excluding hydrogens is 438 g/mol. The molecule has 0 radical (unpaired) electrons. The summed E-state index contributed by atoms with van der Waals surface area (Å²) in [5.41, 5.74) is 1.65. The molecule has 0 aliphatic carbocycles. The molecule has 0 bridgehead atoms. The highest BCUT2D eigenvalue weighted by Gasteiger charge is 2.29. The van der Waals surface area contributed by atoms with Crippen LogP contribution in [-0.2, 0) is 27.7 Å². The number of rotatable bonds is 7. The summed E-state index contributed by atoms with van der Waals surface area (Å²) in [6, 6.07) is 5.71. The van der Waals surface area contributed by atoms with Gasteiger partial charge in [-0.2, -0.15) is 0 Å². The van der Waals surface area contributed by atoms with E-state index in [2.05, 4.69) is 17.1 Å². The molecule has 0 saturated carbocycles. The third kappa shape index (κ3) is 4.82. The SMILES string of the molecule is CCCN1CCc2c(sc(NC(=O)c3ccc(S(=O)(=O)N(C)C)cc3)c2C(=O)OC)C1. The van der Waals surface area contributed by atoms with Gasteiger partial charge in [0.2, 0.25) is 10.0 Å². The summed E-state index contributed by atoms with van der Waals surface area (Å²) in [7, 11) is 0.651. The number of nitrogens with one attached hydrogen (secondary N) is 1. The second-order valence-corrected chi connectivity index (χ2v) is 10.7. The predicted octanol–water partition coefficient (Wildman–Crippen LogP) is 2.81. The lowest BCUT2D eigenvalue weighted by Crippen LogP contribution is -2.30. The highest BCUT2D eigenvalue weighted by Crippen LogP contribution is 2.38. The Labute approximate surface area is 186 Å². The van der Waals surface area contributed by atoms with E-state index in [-0.39, 0.29) is 4.90 Å². The van der Waals surface area contributed by atoms with Gasteiger partial charge in [-0.05, 0) is 49.2 Å². The van der Waals surface area contributed by atoms with Crippen LogP contribution in [0.5, 0.6) is 0 Å². The van der Waals surface area contributed by atoms with Gasteiger partial charge in [0.25, 0.3) is 5.91 Å². The monoisotopic (exact) mass is 465 g/mol. The number of hydrogen-bond donors (Lipinski definition) is 1. The van der Waals surface area contributed by atoms with Crippen LogP contribution >= 0.6 is 11.3 Å². The molecule has 1 aromatic carbocycles. The Kier molecular flexibility index (Phi) is 7.15. The Morgan fingerprint density at radius 2 is 1.90 bits per heavy atom. The number of carbonyl (C=O) groups is 2. The summed E-state index contributed by atoms with van der Waals surface area (Å²) in [6.45, 7) is 4.71. The Hall–Kier alpha value is -2.27. The Bertz CT molecular complexity index is 1080. The number of nitrogens with zero attached hydrogens (tertiary/aromatic N) is 2. The molecule has 1 aromatic heterocycles. The van der Waals surface area contributed by atoms with Crippen LogP contribution in [0.25, 0.3) is 0 Å². The van der Waals surface area contributed by atoms with Gasteiger partial charge in [0.15, 0.2) is 0 Å². The lowest BCUT2D eigenvalue weighted by atomic mass is 10.0. The molecule has 2 aromatic rings. The fraction of sp³-hybridized carbons (Fsp3) is 0.429. The topological polar surface area (TPSA) is 96.0 Å². The maximum Gasteiger partial charge on any atom is 0.341 e. The zero-order valence-electron chi connectivity index (χ0n) is 18.1. The minimum absolute atomic E-state index is 0.104. The Morgan fingerprint density at radius 3 is 2.48 bits per heavy atom. The van der Waals surface area contributed by atoms with Gasteiger partial charge in [0.05, 0.1) is 17.6 Å². The molecule has 0 unspecified atom stereocenters. The summed E-state index contributed by atoms with van der Waals surface area (Å²) in [5.74, 6) is -0.882. The van der Waals surface area contributed by atoms with Crippen LogP contribution < -0.4 is 5.32 Å². The smallest absolute Gasteiger partial charge is 0.341 e. The molecule has 8 nitrogen and oxygen atoms in total. The van der Waals surface area contributed by atoms with Crippen LogP contribution in [0.1, 0.15) is 44.5 Å². The standard InChI is InChI=1S/C21H27N3O5S2/c1-5-11-24-12-10-16-17(13-24)30-20(18(16)21(26)29-4)22-19(25)14-6-8-15(9-7-14)31(27,28)23(2)3/h6-9H,5,10-13H2,1-4H3,(H,22,25). The number of benzene rings is 1. The minimum Gasteiger partial charge on any atom is -0.465 e. The maximum atomic E-state index is 12.8. The van der Waals surface area contributed by atoms with Crippen molar-refractivity contribution < 1.29 is 22.7 Å². The summed E-state index contributed by atoms with van der Waals surface area (Å²) >= 11 is 1.39. The molecule has 3 rings (SSSR count). The minimum atomic E-state index is -3.57. The second-order valence-electron chi connectivity index (χ2n) is 7.49. The van der Waals surface area contributed by atoms with Crippen LogP contribution in [0.15, 0.2) is 29.2 Å².